The van der Waals surface area contributed by atoms with E-state index >= 15 is 0 Å². The van der Waals surface area contributed by atoms with Crippen molar-refractivity contribution >= 4 is 5.97 Å². The number of ether oxygens (including phenoxy) is 1. The van der Waals surface area contributed by atoms with Crippen molar-refractivity contribution < 1.29 is 9.53 Å². The molecular formula is C8H15NO2. The van der Waals surface area contributed by atoms with Gasteiger partial charge in [0.25, 0.3) is 0 Å². The van der Waals surface area contributed by atoms with E-state index in [1.165, 1.54) is 0 Å². The van der Waals surface area contributed by atoms with Gasteiger partial charge in [-0.3, -0.25) is 9.69 Å². The van der Waals surface area contributed by atoms with Gasteiger partial charge in [-0.2, -0.15) is 0 Å². The molecular weight excluding hydrogens is 142 g/mol. The minimum absolute atomic E-state index is 0.0509. The van der Waals surface area contributed by atoms with Crippen molar-refractivity contribution in [3.05, 3.63) is 0 Å². The van der Waals surface area contributed by atoms with Gasteiger partial charge in [-0.25, -0.2) is 0 Å². The summed E-state index contributed by atoms with van der Waals surface area (Å²) in [5.74, 6) is -0.0191. The van der Waals surface area contributed by atoms with Gasteiger partial charge in [0.05, 0.1) is 5.92 Å². The molecule has 0 spiro atoms. The lowest BCUT2D eigenvalue weighted by Crippen LogP contribution is -2.17. The Morgan fingerprint density at radius 1 is 1.64 bits per heavy atom. The van der Waals surface area contributed by atoms with Crippen molar-refractivity contribution in [1.82, 2.24) is 4.90 Å². The zero-order valence-corrected chi connectivity index (χ0v) is 7.17. The van der Waals surface area contributed by atoms with E-state index in [1.54, 1.807) is 0 Å². The second-order valence-corrected chi connectivity index (χ2v) is 3.02. The summed E-state index contributed by atoms with van der Waals surface area (Å²) >= 11 is 0. The maximum absolute atomic E-state index is 11.1. The number of hydrogen-bond donors (Lipinski definition) is 0. The normalized spacial score (nSPS) is 19.5. The third-order valence-electron chi connectivity index (χ3n) is 1.94. The Morgan fingerprint density at radius 3 is 2.73 bits per heavy atom. The molecule has 0 aromatic heterocycles. The molecule has 1 aliphatic heterocycles. The monoisotopic (exact) mass is 157 g/mol. The number of esters is 1. The average molecular weight is 157 g/mol. The molecule has 1 atom stereocenters. The third kappa shape index (κ3) is 2.89. The first kappa shape index (κ1) is 8.53. The van der Waals surface area contributed by atoms with Crippen LogP contribution in [0.15, 0.2) is 0 Å². The van der Waals surface area contributed by atoms with Gasteiger partial charge in [0.2, 0.25) is 0 Å². The van der Waals surface area contributed by atoms with E-state index < -0.39 is 0 Å². The number of nitrogens with zero attached hydrogens (tertiary/aromatic N) is 1. The molecule has 0 bridgehead atoms. The standard InChI is InChI=1S/C8H15NO2/c1-3-7(2)8(10)11-6-9-4-5-9/h7H,3-6H2,1-2H3. The van der Waals surface area contributed by atoms with Gasteiger partial charge in [-0.05, 0) is 6.42 Å². The largest absolute Gasteiger partial charge is 0.449 e. The second-order valence-electron chi connectivity index (χ2n) is 3.02. The Hall–Kier alpha value is -0.570. The highest BCUT2D eigenvalue weighted by Crippen LogP contribution is 2.07. The van der Waals surface area contributed by atoms with Crippen LogP contribution in [0.4, 0.5) is 0 Å². The molecule has 1 unspecified atom stereocenters. The fourth-order valence-corrected chi connectivity index (χ4v) is 0.664. The lowest BCUT2D eigenvalue weighted by molar-refractivity contribution is -0.150. The molecule has 1 saturated heterocycles. The molecule has 1 heterocycles. The van der Waals surface area contributed by atoms with Crippen LogP contribution in [0.1, 0.15) is 20.3 Å². The van der Waals surface area contributed by atoms with Crippen molar-refractivity contribution in [2.45, 2.75) is 20.3 Å². The maximum Gasteiger partial charge on any atom is 0.309 e. The van der Waals surface area contributed by atoms with Crippen molar-refractivity contribution in [1.29, 1.82) is 0 Å². The van der Waals surface area contributed by atoms with Gasteiger partial charge in [-0.15, -0.1) is 0 Å². The molecule has 1 fully saturated rings. The van der Waals surface area contributed by atoms with Crippen LogP contribution in [0.2, 0.25) is 0 Å². The molecule has 1 rings (SSSR count). The first-order chi connectivity index (χ1) is 5.24. The fraction of sp³-hybridized carbons (Fsp3) is 0.875. The molecule has 1 aliphatic rings. The van der Waals surface area contributed by atoms with Crippen LogP contribution >= 0.6 is 0 Å². The fourth-order valence-electron chi connectivity index (χ4n) is 0.664. The zero-order valence-electron chi connectivity index (χ0n) is 7.17. The lowest BCUT2D eigenvalue weighted by atomic mass is 10.1. The van der Waals surface area contributed by atoms with Gasteiger partial charge in [0.1, 0.15) is 6.73 Å². The molecule has 0 aliphatic carbocycles. The van der Waals surface area contributed by atoms with Crippen LogP contribution < -0.4 is 0 Å². The lowest BCUT2D eigenvalue weighted by Gasteiger charge is -2.08. The summed E-state index contributed by atoms with van der Waals surface area (Å²) in [5.41, 5.74) is 0. The van der Waals surface area contributed by atoms with Gasteiger partial charge < -0.3 is 4.74 Å². The molecule has 0 aromatic carbocycles. The zero-order chi connectivity index (χ0) is 8.27. The predicted octanol–water partition coefficient (Wildman–Crippen LogP) is 0.849. The van der Waals surface area contributed by atoms with Crippen LogP contribution in [0.3, 0.4) is 0 Å². The van der Waals surface area contributed by atoms with E-state index in [1.807, 2.05) is 13.8 Å². The van der Waals surface area contributed by atoms with Crippen molar-refractivity contribution in [3.63, 3.8) is 0 Å². The van der Waals surface area contributed by atoms with Gasteiger partial charge in [0.15, 0.2) is 0 Å². The summed E-state index contributed by atoms with van der Waals surface area (Å²) in [5, 5.41) is 0. The van der Waals surface area contributed by atoms with Crippen molar-refractivity contribution in [3.8, 4) is 0 Å². The van der Waals surface area contributed by atoms with Gasteiger partial charge in [-0.1, -0.05) is 13.8 Å². The van der Waals surface area contributed by atoms with E-state index in [-0.39, 0.29) is 11.9 Å². The maximum atomic E-state index is 11.1. The minimum atomic E-state index is -0.0700. The first-order valence-corrected chi connectivity index (χ1v) is 4.13. The van der Waals surface area contributed by atoms with Crippen LogP contribution in [0, 0.1) is 5.92 Å². The van der Waals surface area contributed by atoms with Gasteiger partial charge >= 0.3 is 5.97 Å². The predicted molar refractivity (Wildman–Crippen MR) is 42.0 cm³/mol. The van der Waals surface area contributed by atoms with Crippen LogP contribution in [-0.4, -0.2) is 30.7 Å². The van der Waals surface area contributed by atoms with E-state index in [0.29, 0.717) is 6.73 Å². The van der Waals surface area contributed by atoms with E-state index in [2.05, 4.69) is 4.90 Å². The molecule has 0 radical (unpaired) electrons. The summed E-state index contributed by atoms with van der Waals surface area (Å²) in [6.07, 6.45) is 0.860. The average Bonchev–Trinajstić information content (AvgIpc) is 2.81. The highest BCUT2D eigenvalue weighted by atomic mass is 16.5. The molecule has 0 aromatic rings. The molecule has 0 N–H and O–H groups in total. The van der Waals surface area contributed by atoms with E-state index in [0.717, 1.165) is 19.5 Å². The Kier molecular flexibility index (Phi) is 2.88. The second kappa shape index (κ2) is 3.72. The summed E-state index contributed by atoms with van der Waals surface area (Å²) in [6.45, 7) is 6.53. The van der Waals surface area contributed by atoms with Gasteiger partial charge in [0, 0.05) is 13.1 Å². The highest BCUT2D eigenvalue weighted by Gasteiger charge is 2.20. The number of rotatable bonds is 4. The van der Waals surface area contributed by atoms with Crippen LogP contribution in [0.5, 0.6) is 0 Å². The Labute approximate surface area is 67.3 Å². The summed E-state index contributed by atoms with van der Waals surface area (Å²) < 4.78 is 5.01. The molecule has 64 valence electrons. The highest BCUT2D eigenvalue weighted by molar-refractivity contribution is 5.71. The third-order valence-corrected chi connectivity index (χ3v) is 1.94. The number of hydrogen-bond acceptors (Lipinski definition) is 3. The Morgan fingerprint density at radius 2 is 2.27 bits per heavy atom. The smallest absolute Gasteiger partial charge is 0.309 e. The van der Waals surface area contributed by atoms with Crippen molar-refractivity contribution in [2.75, 3.05) is 19.8 Å². The Balaban J connectivity index is 2.08. The molecule has 0 saturated carbocycles. The first-order valence-electron chi connectivity index (χ1n) is 4.13. The van der Waals surface area contributed by atoms with E-state index in [9.17, 15) is 4.79 Å². The van der Waals surface area contributed by atoms with Crippen LogP contribution in [0.25, 0.3) is 0 Å². The Bertz CT molecular complexity index is 143. The van der Waals surface area contributed by atoms with E-state index in [4.69, 9.17) is 4.74 Å². The SMILES string of the molecule is CCC(C)C(=O)OCN1CC1. The molecule has 3 nitrogen and oxygen atoms in total. The van der Waals surface area contributed by atoms with Crippen molar-refractivity contribution in [2.24, 2.45) is 5.92 Å². The quantitative estimate of drug-likeness (QED) is 0.447. The van der Waals surface area contributed by atoms with Crippen LogP contribution in [-0.2, 0) is 9.53 Å². The molecule has 11 heavy (non-hydrogen) atoms. The molecule has 0 amide bonds. The summed E-state index contributed by atoms with van der Waals surface area (Å²) in [6, 6.07) is 0. The molecule has 3 heteroatoms. The number of carbonyl (C=O) groups excluding carboxylic acids is 1. The topological polar surface area (TPSA) is 29.3 Å². The number of carbonyl (C=O) groups is 1. The summed E-state index contributed by atoms with van der Waals surface area (Å²) in [4.78, 5) is 13.1. The minimum Gasteiger partial charge on any atom is -0.449 e. The summed E-state index contributed by atoms with van der Waals surface area (Å²) in [7, 11) is 0.